The van der Waals surface area contributed by atoms with E-state index in [1.807, 2.05) is 18.0 Å². The zero-order valence-corrected chi connectivity index (χ0v) is 8.08. The average Bonchev–Trinajstić information content (AvgIpc) is 2.06. The van der Waals surface area contributed by atoms with Gasteiger partial charge in [-0.25, -0.2) is 0 Å². The van der Waals surface area contributed by atoms with Gasteiger partial charge < -0.3 is 0 Å². The largest absolute Gasteiger partial charge is 0.293 e. The van der Waals surface area contributed by atoms with Gasteiger partial charge in [0.2, 0.25) is 0 Å². The van der Waals surface area contributed by atoms with Gasteiger partial charge in [0.25, 0.3) is 0 Å². The van der Waals surface area contributed by atoms with Crippen LogP contribution in [0.3, 0.4) is 0 Å². The average molecular weight is 169 g/mol. The van der Waals surface area contributed by atoms with Crippen molar-refractivity contribution in [2.24, 2.45) is 4.99 Å². The number of hydrogen-bond donors (Lipinski definition) is 0. The minimum Gasteiger partial charge on any atom is -0.293 e. The van der Waals surface area contributed by atoms with Crippen molar-refractivity contribution < 1.29 is 0 Å². The normalized spacial score (nSPS) is 17.6. The van der Waals surface area contributed by atoms with E-state index in [0.29, 0.717) is 0 Å². The molecule has 0 aromatic heterocycles. The van der Waals surface area contributed by atoms with Gasteiger partial charge in [0.1, 0.15) is 0 Å². The third kappa shape index (κ3) is 2.37. The lowest BCUT2D eigenvalue weighted by Gasteiger charge is -2.12. The molecular weight excluding hydrogens is 154 g/mol. The van der Waals surface area contributed by atoms with Gasteiger partial charge >= 0.3 is 0 Å². The predicted octanol–water partition coefficient (Wildman–Crippen LogP) is 2.88. The van der Waals surface area contributed by atoms with Crippen molar-refractivity contribution in [3.8, 4) is 0 Å². The standard InChI is InChI=1S/C9H15NS/c1-3-8-7-10-6-5-9(8)11-4-2/h7H,3-6H2,1-2H3. The van der Waals surface area contributed by atoms with Crippen LogP contribution < -0.4 is 0 Å². The lowest BCUT2D eigenvalue weighted by molar-refractivity contribution is 0.956. The van der Waals surface area contributed by atoms with Crippen molar-refractivity contribution in [2.75, 3.05) is 12.3 Å². The fraction of sp³-hybridized carbons (Fsp3) is 0.667. The minimum absolute atomic E-state index is 0.992. The van der Waals surface area contributed by atoms with Crippen LogP contribution in [-0.4, -0.2) is 18.5 Å². The summed E-state index contributed by atoms with van der Waals surface area (Å²) in [6.45, 7) is 5.39. The molecule has 0 radical (unpaired) electrons. The van der Waals surface area contributed by atoms with E-state index in [1.165, 1.54) is 11.3 Å². The van der Waals surface area contributed by atoms with Crippen molar-refractivity contribution >= 4 is 18.0 Å². The van der Waals surface area contributed by atoms with E-state index in [-0.39, 0.29) is 0 Å². The van der Waals surface area contributed by atoms with Gasteiger partial charge in [0.15, 0.2) is 0 Å². The highest BCUT2D eigenvalue weighted by Gasteiger charge is 2.06. The molecule has 0 atom stereocenters. The molecule has 1 heterocycles. The van der Waals surface area contributed by atoms with Gasteiger partial charge in [-0.3, -0.25) is 4.99 Å². The second-order valence-electron chi connectivity index (χ2n) is 2.52. The number of aliphatic imine (C=N–C) groups is 1. The van der Waals surface area contributed by atoms with Crippen LogP contribution in [0.15, 0.2) is 15.5 Å². The molecule has 0 saturated heterocycles. The summed E-state index contributed by atoms with van der Waals surface area (Å²) in [5.74, 6) is 1.19. The Kier molecular flexibility index (Phi) is 3.70. The molecule has 1 aliphatic heterocycles. The monoisotopic (exact) mass is 169 g/mol. The molecule has 0 aromatic carbocycles. The molecule has 0 unspecified atom stereocenters. The Morgan fingerprint density at radius 3 is 3.00 bits per heavy atom. The smallest absolute Gasteiger partial charge is 0.0434 e. The molecule has 0 saturated carbocycles. The molecule has 2 heteroatoms. The Hall–Kier alpha value is -0.240. The van der Waals surface area contributed by atoms with Crippen LogP contribution in [-0.2, 0) is 0 Å². The molecule has 0 amide bonds. The second-order valence-corrected chi connectivity index (χ2v) is 3.88. The van der Waals surface area contributed by atoms with E-state index in [9.17, 15) is 0 Å². The molecule has 0 aliphatic carbocycles. The Morgan fingerprint density at radius 1 is 1.55 bits per heavy atom. The fourth-order valence-electron chi connectivity index (χ4n) is 1.20. The topological polar surface area (TPSA) is 12.4 Å². The van der Waals surface area contributed by atoms with Crippen molar-refractivity contribution in [3.63, 3.8) is 0 Å². The van der Waals surface area contributed by atoms with Gasteiger partial charge in [-0.2, -0.15) is 0 Å². The number of thioether (sulfide) groups is 1. The van der Waals surface area contributed by atoms with Crippen LogP contribution >= 0.6 is 11.8 Å². The number of allylic oxidation sites excluding steroid dienone is 1. The van der Waals surface area contributed by atoms with Gasteiger partial charge in [-0.15, -0.1) is 11.8 Å². The van der Waals surface area contributed by atoms with E-state index in [2.05, 4.69) is 18.8 Å². The predicted molar refractivity (Wildman–Crippen MR) is 53.4 cm³/mol. The minimum atomic E-state index is 0.992. The zero-order valence-electron chi connectivity index (χ0n) is 7.26. The summed E-state index contributed by atoms with van der Waals surface area (Å²) in [4.78, 5) is 5.83. The number of dihydropyridines is 1. The molecule has 0 spiro atoms. The number of nitrogens with zero attached hydrogens (tertiary/aromatic N) is 1. The molecule has 1 aliphatic rings. The van der Waals surface area contributed by atoms with Crippen molar-refractivity contribution in [2.45, 2.75) is 26.7 Å². The number of hydrogen-bond acceptors (Lipinski definition) is 2. The number of rotatable bonds is 3. The molecule has 0 N–H and O–H groups in total. The van der Waals surface area contributed by atoms with Crippen LogP contribution in [0.2, 0.25) is 0 Å². The summed E-state index contributed by atoms with van der Waals surface area (Å²) < 4.78 is 0. The van der Waals surface area contributed by atoms with E-state index in [4.69, 9.17) is 0 Å². The van der Waals surface area contributed by atoms with E-state index < -0.39 is 0 Å². The lowest BCUT2D eigenvalue weighted by Crippen LogP contribution is -1.99. The molecular formula is C9H15NS. The summed E-state index contributed by atoms with van der Waals surface area (Å²) in [6.07, 6.45) is 4.34. The summed E-state index contributed by atoms with van der Waals surface area (Å²) in [5.41, 5.74) is 1.45. The Balaban J connectivity index is 2.66. The zero-order chi connectivity index (χ0) is 8.10. The van der Waals surface area contributed by atoms with Crippen molar-refractivity contribution in [1.82, 2.24) is 0 Å². The third-order valence-corrected chi connectivity index (χ3v) is 2.88. The highest BCUT2D eigenvalue weighted by Crippen LogP contribution is 2.26. The second kappa shape index (κ2) is 4.60. The molecule has 1 nitrogen and oxygen atoms in total. The van der Waals surface area contributed by atoms with E-state index in [1.54, 1.807) is 4.91 Å². The summed E-state index contributed by atoms with van der Waals surface area (Å²) in [5, 5.41) is 0. The first-order chi connectivity index (χ1) is 5.38. The Labute approximate surface area is 73.0 Å². The van der Waals surface area contributed by atoms with Gasteiger partial charge in [0, 0.05) is 12.8 Å². The van der Waals surface area contributed by atoms with Crippen LogP contribution in [0.5, 0.6) is 0 Å². The summed E-state index contributed by atoms with van der Waals surface area (Å²) in [6, 6.07) is 0. The maximum absolute atomic E-state index is 4.27. The molecule has 62 valence electrons. The van der Waals surface area contributed by atoms with Crippen LogP contribution in [0.1, 0.15) is 26.7 Å². The Morgan fingerprint density at radius 2 is 2.36 bits per heavy atom. The van der Waals surface area contributed by atoms with Crippen LogP contribution in [0.4, 0.5) is 0 Å². The molecule has 0 aromatic rings. The third-order valence-electron chi connectivity index (χ3n) is 1.77. The highest BCUT2D eigenvalue weighted by molar-refractivity contribution is 8.03. The van der Waals surface area contributed by atoms with Crippen LogP contribution in [0.25, 0.3) is 0 Å². The maximum Gasteiger partial charge on any atom is 0.0434 e. The van der Waals surface area contributed by atoms with Gasteiger partial charge in [-0.05, 0) is 29.1 Å². The van der Waals surface area contributed by atoms with E-state index >= 15 is 0 Å². The lowest BCUT2D eigenvalue weighted by atomic mass is 10.1. The van der Waals surface area contributed by atoms with Crippen LogP contribution in [0, 0.1) is 0 Å². The first-order valence-corrected chi connectivity index (χ1v) is 5.21. The SMILES string of the molecule is CCSC1=C(CC)C=NCC1. The summed E-state index contributed by atoms with van der Waals surface area (Å²) in [7, 11) is 0. The molecule has 1 rings (SSSR count). The first kappa shape index (κ1) is 8.85. The quantitative estimate of drug-likeness (QED) is 0.633. The molecule has 0 bridgehead atoms. The molecule has 0 fully saturated rings. The van der Waals surface area contributed by atoms with Gasteiger partial charge in [0.05, 0.1) is 0 Å². The first-order valence-electron chi connectivity index (χ1n) is 4.23. The fourth-order valence-corrected chi connectivity index (χ4v) is 2.17. The highest BCUT2D eigenvalue weighted by atomic mass is 32.2. The van der Waals surface area contributed by atoms with Crippen molar-refractivity contribution in [3.05, 3.63) is 10.5 Å². The van der Waals surface area contributed by atoms with Crippen molar-refractivity contribution in [1.29, 1.82) is 0 Å². The molecule has 11 heavy (non-hydrogen) atoms. The van der Waals surface area contributed by atoms with Gasteiger partial charge in [-0.1, -0.05) is 13.8 Å². The Bertz CT molecular complexity index is 182. The van der Waals surface area contributed by atoms with E-state index in [0.717, 1.165) is 19.4 Å². The maximum atomic E-state index is 4.27. The summed E-state index contributed by atoms with van der Waals surface area (Å²) >= 11 is 1.97.